The molecule has 4 aromatic carbocycles. The van der Waals surface area contributed by atoms with Crippen LogP contribution >= 0.6 is 0 Å². The predicted octanol–water partition coefficient (Wildman–Crippen LogP) is 5.12. The lowest BCUT2D eigenvalue weighted by atomic mass is 9.91. The fourth-order valence-corrected chi connectivity index (χ4v) is 3.38. The third kappa shape index (κ3) is 3.84. The highest BCUT2D eigenvalue weighted by Crippen LogP contribution is 2.24. The molecule has 0 fully saturated rings. The third-order valence-corrected chi connectivity index (χ3v) is 4.73. The smallest absolute Gasteiger partial charge is 0.252 e. The second-order valence-electron chi connectivity index (χ2n) is 6.56. The number of hydrazone groups is 1. The number of amides is 1. The van der Waals surface area contributed by atoms with E-state index in [2.05, 4.69) is 28.7 Å². The first-order valence-electron chi connectivity index (χ1n) is 9.23. The SMILES string of the molecule is O=C(N/N=C\c1cccc2ccccc12)C(c1ccccc1)c1ccccc1. The Bertz CT molecular complexity index is 1060. The molecule has 0 bridgehead atoms. The maximum Gasteiger partial charge on any atom is 0.252 e. The van der Waals surface area contributed by atoms with Crippen LogP contribution in [-0.2, 0) is 4.79 Å². The Morgan fingerprint density at radius 2 is 1.29 bits per heavy atom. The van der Waals surface area contributed by atoms with Gasteiger partial charge in [-0.05, 0) is 21.9 Å². The van der Waals surface area contributed by atoms with Crippen molar-refractivity contribution in [2.45, 2.75) is 5.92 Å². The molecule has 0 radical (unpaired) electrons. The normalized spacial score (nSPS) is 11.2. The van der Waals surface area contributed by atoms with Crippen LogP contribution in [0.15, 0.2) is 108 Å². The van der Waals surface area contributed by atoms with Gasteiger partial charge in [-0.15, -0.1) is 0 Å². The lowest BCUT2D eigenvalue weighted by molar-refractivity contribution is -0.121. The van der Waals surface area contributed by atoms with Crippen molar-refractivity contribution in [3.63, 3.8) is 0 Å². The third-order valence-electron chi connectivity index (χ3n) is 4.73. The number of hydrogen-bond donors (Lipinski definition) is 1. The molecule has 136 valence electrons. The number of rotatable bonds is 5. The van der Waals surface area contributed by atoms with Crippen molar-refractivity contribution >= 4 is 22.9 Å². The van der Waals surface area contributed by atoms with Crippen LogP contribution in [0.5, 0.6) is 0 Å². The molecule has 0 aliphatic rings. The van der Waals surface area contributed by atoms with Gasteiger partial charge in [0.15, 0.2) is 0 Å². The minimum atomic E-state index is -0.410. The average Bonchev–Trinajstić information content (AvgIpc) is 2.76. The second kappa shape index (κ2) is 8.31. The van der Waals surface area contributed by atoms with Crippen molar-refractivity contribution < 1.29 is 4.79 Å². The zero-order valence-corrected chi connectivity index (χ0v) is 15.3. The minimum Gasteiger partial charge on any atom is -0.272 e. The van der Waals surface area contributed by atoms with E-state index in [1.54, 1.807) is 6.21 Å². The molecule has 0 aliphatic carbocycles. The van der Waals surface area contributed by atoms with Crippen molar-refractivity contribution in [3.8, 4) is 0 Å². The predicted molar refractivity (Wildman–Crippen MR) is 114 cm³/mol. The summed E-state index contributed by atoms with van der Waals surface area (Å²) < 4.78 is 0. The molecule has 4 aromatic rings. The summed E-state index contributed by atoms with van der Waals surface area (Å²) in [6.45, 7) is 0. The first kappa shape index (κ1) is 17.7. The van der Waals surface area contributed by atoms with Crippen LogP contribution in [-0.4, -0.2) is 12.1 Å². The van der Waals surface area contributed by atoms with Gasteiger partial charge >= 0.3 is 0 Å². The highest BCUT2D eigenvalue weighted by atomic mass is 16.2. The second-order valence-corrected chi connectivity index (χ2v) is 6.56. The topological polar surface area (TPSA) is 41.5 Å². The Morgan fingerprint density at radius 3 is 1.96 bits per heavy atom. The fourth-order valence-electron chi connectivity index (χ4n) is 3.38. The molecule has 0 heterocycles. The van der Waals surface area contributed by atoms with E-state index in [1.807, 2.05) is 84.9 Å². The molecule has 1 N–H and O–H groups in total. The summed E-state index contributed by atoms with van der Waals surface area (Å²) in [7, 11) is 0. The highest BCUT2D eigenvalue weighted by Gasteiger charge is 2.22. The molecule has 4 rings (SSSR count). The number of nitrogens with one attached hydrogen (secondary N) is 1. The minimum absolute atomic E-state index is 0.158. The lowest BCUT2D eigenvalue weighted by Crippen LogP contribution is -2.26. The van der Waals surface area contributed by atoms with Gasteiger partial charge in [-0.1, -0.05) is 103 Å². The summed E-state index contributed by atoms with van der Waals surface area (Å²) in [5, 5.41) is 6.48. The van der Waals surface area contributed by atoms with Crippen molar-refractivity contribution in [1.82, 2.24) is 5.43 Å². The van der Waals surface area contributed by atoms with Gasteiger partial charge in [0.1, 0.15) is 0 Å². The Kier molecular flexibility index (Phi) is 5.25. The van der Waals surface area contributed by atoms with Crippen LogP contribution in [0.2, 0.25) is 0 Å². The van der Waals surface area contributed by atoms with E-state index in [-0.39, 0.29) is 5.91 Å². The van der Waals surface area contributed by atoms with Crippen LogP contribution in [0.3, 0.4) is 0 Å². The van der Waals surface area contributed by atoms with Crippen LogP contribution in [0.1, 0.15) is 22.6 Å². The Labute approximate surface area is 164 Å². The van der Waals surface area contributed by atoms with Crippen molar-refractivity contribution in [3.05, 3.63) is 120 Å². The van der Waals surface area contributed by atoms with E-state index in [4.69, 9.17) is 0 Å². The number of benzene rings is 4. The van der Waals surface area contributed by atoms with E-state index in [9.17, 15) is 4.79 Å². The molecule has 0 aliphatic heterocycles. The van der Waals surface area contributed by atoms with E-state index in [0.717, 1.165) is 27.5 Å². The summed E-state index contributed by atoms with van der Waals surface area (Å²) in [6.07, 6.45) is 1.70. The van der Waals surface area contributed by atoms with Crippen molar-refractivity contribution in [1.29, 1.82) is 0 Å². The van der Waals surface area contributed by atoms with Gasteiger partial charge in [-0.25, -0.2) is 5.43 Å². The monoisotopic (exact) mass is 364 g/mol. The summed E-state index contributed by atoms with van der Waals surface area (Å²) in [5.74, 6) is -0.569. The van der Waals surface area contributed by atoms with Crippen molar-refractivity contribution in [2.24, 2.45) is 5.10 Å². The molecule has 0 aromatic heterocycles. The van der Waals surface area contributed by atoms with Crippen LogP contribution in [0.25, 0.3) is 10.8 Å². The number of carbonyl (C=O) groups excluding carboxylic acids is 1. The molecule has 0 atom stereocenters. The maximum atomic E-state index is 13.0. The van der Waals surface area contributed by atoms with Gasteiger partial charge < -0.3 is 0 Å². The standard InChI is InChI=1S/C25H20N2O/c28-25(24(20-11-3-1-4-12-20)21-13-5-2-6-14-21)27-26-18-22-16-9-15-19-10-7-8-17-23(19)22/h1-18,24H,(H,27,28)/b26-18-. The maximum absolute atomic E-state index is 13.0. The molecule has 0 spiro atoms. The van der Waals surface area contributed by atoms with Crippen LogP contribution < -0.4 is 5.43 Å². The molecule has 28 heavy (non-hydrogen) atoms. The van der Waals surface area contributed by atoms with Gasteiger partial charge in [-0.3, -0.25) is 4.79 Å². The van der Waals surface area contributed by atoms with Crippen LogP contribution in [0, 0.1) is 0 Å². The molecular formula is C25H20N2O. The largest absolute Gasteiger partial charge is 0.272 e. The number of carbonyl (C=O) groups is 1. The zero-order valence-electron chi connectivity index (χ0n) is 15.3. The van der Waals surface area contributed by atoms with Gasteiger partial charge in [0.25, 0.3) is 5.91 Å². The first-order chi connectivity index (χ1) is 13.8. The summed E-state index contributed by atoms with van der Waals surface area (Å²) in [6, 6.07) is 33.7. The first-order valence-corrected chi connectivity index (χ1v) is 9.23. The molecule has 0 saturated heterocycles. The van der Waals surface area contributed by atoms with E-state index in [0.29, 0.717) is 0 Å². The number of hydrogen-bond acceptors (Lipinski definition) is 2. The Hall–Kier alpha value is -3.72. The zero-order chi connectivity index (χ0) is 19.2. The number of nitrogens with zero attached hydrogens (tertiary/aromatic N) is 1. The summed E-state index contributed by atoms with van der Waals surface area (Å²) in [4.78, 5) is 13.0. The quantitative estimate of drug-likeness (QED) is 0.387. The highest BCUT2D eigenvalue weighted by molar-refractivity contribution is 6.00. The Balaban J connectivity index is 1.59. The van der Waals surface area contributed by atoms with Crippen molar-refractivity contribution in [2.75, 3.05) is 0 Å². The van der Waals surface area contributed by atoms with Gasteiger partial charge in [0.05, 0.1) is 12.1 Å². The molecule has 3 heteroatoms. The Morgan fingerprint density at radius 1 is 0.714 bits per heavy atom. The van der Waals surface area contributed by atoms with Gasteiger partial charge in [0, 0.05) is 5.56 Å². The lowest BCUT2D eigenvalue weighted by Gasteiger charge is -2.16. The molecule has 1 amide bonds. The average molecular weight is 364 g/mol. The fraction of sp³-hybridized carbons (Fsp3) is 0.0400. The summed E-state index contributed by atoms with van der Waals surface area (Å²) >= 11 is 0. The van der Waals surface area contributed by atoms with E-state index >= 15 is 0 Å². The number of fused-ring (bicyclic) bond motifs is 1. The molecule has 3 nitrogen and oxygen atoms in total. The molecule has 0 saturated carbocycles. The van der Waals surface area contributed by atoms with E-state index < -0.39 is 5.92 Å². The molecule has 0 unspecified atom stereocenters. The van der Waals surface area contributed by atoms with E-state index in [1.165, 1.54) is 0 Å². The summed E-state index contributed by atoms with van der Waals surface area (Å²) in [5.41, 5.74) is 5.56. The molecular weight excluding hydrogens is 344 g/mol. The van der Waals surface area contributed by atoms with Gasteiger partial charge in [-0.2, -0.15) is 5.10 Å². The van der Waals surface area contributed by atoms with Crippen LogP contribution in [0.4, 0.5) is 0 Å². The van der Waals surface area contributed by atoms with Gasteiger partial charge in [0.2, 0.25) is 0 Å².